The number of hydrogen-bond donors (Lipinski definition) is 0. The number of aryl methyl sites for hydroxylation is 1. The third-order valence-electron chi connectivity index (χ3n) is 5.47. The van der Waals surface area contributed by atoms with Gasteiger partial charge in [0.05, 0.1) is 22.6 Å². The van der Waals surface area contributed by atoms with Gasteiger partial charge in [-0.2, -0.15) is 0 Å². The first-order chi connectivity index (χ1) is 15.4. The Labute approximate surface area is 196 Å². The number of halogens is 2. The van der Waals surface area contributed by atoms with Crippen LogP contribution >= 0.6 is 23.2 Å². The van der Waals surface area contributed by atoms with Gasteiger partial charge >= 0.3 is 0 Å². The first kappa shape index (κ1) is 22.2. The van der Waals surface area contributed by atoms with Crippen molar-refractivity contribution in [2.75, 3.05) is 0 Å². The van der Waals surface area contributed by atoms with Gasteiger partial charge in [0.2, 0.25) is 0 Å². The Balaban J connectivity index is 1.65. The zero-order valence-electron chi connectivity index (χ0n) is 17.9. The fourth-order valence-corrected chi connectivity index (χ4v) is 4.33. The fraction of sp³-hybridized carbons (Fsp3) is 0.200. The molecule has 0 atom stereocenters. The lowest BCUT2D eigenvalue weighted by Gasteiger charge is -2.11. The summed E-state index contributed by atoms with van der Waals surface area (Å²) in [6.45, 7) is 8.75. The first-order valence-corrected chi connectivity index (χ1v) is 11.0. The van der Waals surface area contributed by atoms with Crippen molar-refractivity contribution in [3.05, 3.63) is 94.0 Å². The second-order valence-corrected chi connectivity index (χ2v) is 8.42. The molecule has 0 spiro atoms. The maximum Gasteiger partial charge on any atom is 0.184 e. The number of fused-ring (bicyclic) bond motifs is 1. The Bertz CT molecular complexity index is 1320. The monoisotopic (exact) mass is 467 g/mol. The largest absolute Gasteiger partial charge is 0.484 e. The van der Waals surface area contributed by atoms with Gasteiger partial charge in [0, 0.05) is 28.5 Å². The van der Waals surface area contributed by atoms with Crippen molar-refractivity contribution in [2.24, 2.45) is 0 Å². The number of ketones is 1. The number of para-hydroxylation sites is 2. The number of aromatic nitrogens is 3. The minimum Gasteiger partial charge on any atom is -0.484 e. The molecule has 4 rings (SSSR count). The van der Waals surface area contributed by atoms with Gasteiger partial charge in [0.15, 0.2) is 5.78 Å². The number of nitrogens with zero attached hydrogens (tertiary/aromatic N) is 3. The molecule has 0 bridgehead atoms. The van der Waals surface area contributed by atoms with Gasteiger partial charge in [-0.05, 0) is 50.2 Å². The summed E-state index contributed by atoms with van der Waals surface area (Å²) in [5, 5.41) is 0.958. The van der Waals surface area contributed by atoms with Crippen LogP contribution in [0.5, 0.6) is 5.75 Å². The molecule has 164 valence electrons. The van der Waals surface area contributed by atoms with Gasteiger partial charge in [-0.3, -0.25) is 4.79 Å². The van der Waals surface area contributed by atoms with Crippen molar-refractivity contribution in [1.82, 2.24) is 14.1 Å². The highest BCUT2D eigenvalue weighted by Crippen LogP contribution is 2.28. The van der Waals surface area contributed by atoms with Gasteiger partial charge in [0.25, 0.3) is 0 Å². The summed E-state index contributed by atoms with van der Waals surface area (Å²) < 4.78 is 9.90. The lowest BCUT2D eigenvalue weighted by molar-refractivity contribution is 0.0970. The minimum absolute atomic E-state index is 0.0161. The lowest BCUT2D eigenvalue weighted by atomic mass is 10.1. The molecule has 2 heterocycles. The summed E-state index contributed by atoms with van der Waals surface area (Å²) in [7, 11) is 0. The van der Waals surface area contributed by atoms with Crippen LogP contribution < -0.4 is 4.74 Å². The quantitative estimate of drug-likeness (QED) is 0.222. The number of carbonyl (C=O) groups excluding carboxylic acids is 1. The molecular formula is C25H23Cl2N3O2. The molecule has 0 N–H and O–H groups in total. The van der Waals surface area contributed by atoms with E-state index in [2.05, 4.69) is 11.1 Å². The molecule has 32 heavy (non-hydrogen) atoms. The Hall–Kier alpha value is -3.02. The van der Waals surface area contributed by atoms with E-state index < -0.39 is 0 Å². The third kappa shape index (κ3) is 4.31. The number of allylic oxidation sites excluding steroid dienone is 1. The summed E-state index contributed by atoms with van der Waals surface area (Å²) >= 11 is 12.2. The van der Waals surface area contributed by atoms with Gasteiger partial charge in [-0.15, -0.1) is 6.58 Å². The second-order valence-electron chi connectivity index (χ2n) is 7.57. The van der Waals surface area contributed by atoms with Crippen molar-refractivity contribution in [1.29, 1.82) is 0 Å². The standard InChI is InChI=1S/C25H23Cl2N3O2/c1-4-11-29-16(2)12-19(17(29)3)23(31)14-30-22-8-6-5-7-21(22)28-25(30)15-32-24-10-9-18(26)13-20(24)27/h4-10,12-13H,1,11,14-15H2,2-3H3. The maximum atomic E-state index is 13.3. The van der Waals surface area contributed by atoms with E-state index in [0.29, 0.717) is 33.7 Å². The summed E-state index contributed by atoms with van der Waals surface area (Å²) in [5.74, 6) is 1.17. The Morgan fingerprint density at radius 1 is 1.12 bits per heavy atom. The van der Waals surface area contributed by atoms with Gasteiger partial charge in [0.1, 0.15) is 18.2 Å². The number of ether oxygens (including phenoxy) is 1. The van der Waals surface area contributed by atoms with Crippen molar-refractivity contribution in [3.63, 3.8) is 0 Å². The molecule has 0 radical (unpaired) electrons. The van der Waals surface area contributed by atoms with Crippen molar-refractivity contribution >= 4 is 40.0 Å². The molecule has 0 aliphatic carbocycles. The molecule has 4 aromatic rings. The number of benzene rings is 2. The maximum absolute atomic E-state index is 13.3. The van der Waals surface area contributed by atoms with E-state index in [9.17, 15) is 4.79 Å². The lowest BCUT2D eigenvalue weighted by Crippen LogP contribution is -2.15. The second kappa shape index (κ2) is 9.23. The van der Waals surface area contributed by atoms with E-state index in [1.54, 1.807) is 18.2 Å². The van der Waals surface area contributed by atoms with Crippen LogP contribution in [0.2, 0.25) is 10.0 Å². The van der Waals surface area contributed by atoms with Crippen LogP contribution in [0.15, 0.2) is 61.2 Å². The number of rotatable bonds is 8. The van der Waals surface area contributed by atoms with Crippen LogP contribution in [-0.2, 0) is 19.7 Å². The minimum atomic E-state index is 0.0161. The van der Waals surface area contributed by atoms with E-state index >= 15 is 0 Å². The zero-order chi connectivity index (χ0) is 22.8. The van der Waals surface area contributed by atoms with Crippen LogP contribution in [-0.4, -0.2) is 19.9 Å². The molecule has 2 aromatic heterocycles. The number of carbonyl (C=O) groups is 1. The highest BCUT2D eigenvalue weighted by Gasteiger charge is 2.19. The smallest absolute Gasteiger partial charge is 0.184 e. The fourth-order valence-electron chi connectivity index (χ4n) is 3.87. The van der Waals surface area contributed by atoms with Gasteiger partial charge in [-0.25, -0.2) is 4.98 Å². The van der Waals surface area contributed by atoms with Crippen molar-refractivity contribution in [2.45, 2.75) is 33.5 Å². The predicted octanol–water partition coefficient (Wildman–Crippen LogP) is 6.41. The van der Waals surface area contributed by atoms with E-state index in [1.165, 1.54) is 0 Å². The highest BCUT2D eigenvalue weighted by atomic mass is 35.5. The summed E-state index contributed by atoms with van der Waals surface area (Å²) in [4.78, 5) is 18.0. The van der Waals surface area contributed by atoms with E-state index in [4.69, 9.17) is 32.9 Å². The molecule has 0 fully saturated rings. The summed E-state index contributed by atoms with van der Waals surface area (Å²) in [6.07, 6.45) is 1.83. The number of Topliss-reactive ketones (excluding diaryl/α,β-unsaturated/α-hetero) is 1. The van der Waals surface area contributed by atoms with Crippen LogP contribution in [0.3, 0.4) is 0 Å². The normalized spacial score (nSPS) is 11.1. The average molecular weight is 468 g/mol. The molecule has 5 nitrogen and oxygen atoms in total. The Kier molecular flexibility index (Phi) is 6.40. The first-order valence-electron chi connectivity index (χ1n) is 10.2. The topological polar surface area (TPSA) is 49.0 Å². The third-order valence-corrected chi connectivity index (χ3v) is 6.00. The van der Waals surface area contributed by atoms with Crippen LogP contribution in [0.25, 0.3) is 11.0 Å². The zero-order valence-corrected chi connectivity index (χ0v) is 19.5. The van der Waals surface area contributed by atoms with Crippen molar-refractivity contribution in [3.8, 4) is 5.75 Å². The van der Waals surface area contributed by atoms with E-state index in [0.717, 1.165) is 22.4 Å². The number of imidazole rings is 1. The number of hydrogen-bond acceptors (Lipinski definition) is 3. The molecule has 0 saturated heterocycles. The summed E-state index contributed by atoms with van der Waals surface area (Å²) in [5.41, 5.74) is 4.35. The molecule has 0 aliphatic rings. The highest BCUT2D eigenvalue weighted by molar-refractivity contribution is 6.35. The Morgan fingerprint density at radius 3 is 2.66 bits per heavy atom. The Morgan fingerprint density at radius 2 is 1.91 bits per heavy atom. The molecular weight excluding hydrogens is 445 g/mol. The van der Waals surface area contributed by atoms with Crippen molar-refractivity contribution < 1.29 is 9.53 Å². The predicted molar refractivity (Wildman–Crippen MR) is 129 cm³/mol. The van der Waals surface area contributed by atoms with E-state index in [-0.39, 0.29) is 18.9 Å². The molecule has 0 amide bonds. The molecule has 0 unspecified atom stereocenters. The van der Waals surface area contributed by atoms with Crippen LogP contribution in [0.1, 0.15) is 27.6 Å². The average Bonchev–Trinajstić information content (AvgIpc) is 3.25. The van der Waals surface area contributed by atoms with Crippen LogP contribution in [0, 0.1) is 13.8 Å². The molecule has 0 aliphatic heterocycles. The van der Waals surface area contributed by atoms with Crippen LogP contribution in [0.4, 0.5) is 0 Å². The van der Waals surface area contributed by atoms with E-state index in [1.807, 2.05) is 54.8 Å². The SMILES string of the molecule is C=CCn1c(C)cc(C(=O)Cn2c(COc3ccc(Cl)cc3Cl)nc3ccccc32)c1C. The molecule has 0 saturated carbocycles. The van der Waals surface area contributed by atoms with Gasteiger partial charge in [-0.1, -0.05) is 41.4 Å². The molecule has 2 aromatic carbocycles. The molecule has 7 heteroatoms. The summed E-state index contributed by atoms with van der Waals surface area (Å²) in [6, 6.07) is 14.7. The van der Waals surface area contributed by atoms with Gasteiger partial charge < -0.3 is 13.9 Å².